The van der Waals surface area contributed by atoms with Gasteiger partial charge in [-0.25, -0.2) is 4.79 Å². The molecule has 0 radical (unpaired) electrons. The van der Waals surface area contributed by atoms with Crippen LogP contribution in [0.25, 0.3) is 0 Å². The molecule has 0 spiro atoms. The summed E-state index contributed by atoms with van der Waals surface area (Å²) < 4.78 is 5.08. The number of pyridine rings is 1. The highest BCUT2D eigenvalue weighted by atomic mass is 16.5. The summed E-state index contributed by atoms with van der Waals surface area (Å²) in [5.41, 5.74) is 3.26. The first-order valence-electron chi connectivity index (χ1n) is 9.14. The second kappa shape index (κ2) is 8.77. The SMILES string of the molecule is CCOC(=O)c1cccc(CCN2CCC(c3ccncc3)CC2)c1. The molecule has 0 saturated carbocycles. The standard InChI is InChI=1S/C21H26N2O2/c1-2-25-21(24)20-5-3-4-17(16-20)8-13-23-14-9-19(10-15-23)18-6-11-22-12-7-18/h3-7,11-12,16,19H,2,8-10,13-15H2,1H3. The van der Waals surface area contributed by atoms with Crippen LogP contribution < -0.4 is 0 Å². The van der Waals surface area contributed by atoms with Gasteiger partial charge in [0.1, 0.15) is 0 Å². The number of esters is 1. The van der Waals surface area contributed by atoms with Crippen LogP contribution in [0.5, 0.6) is 0 Å². The summed E-state index contributed by atoms with van der Waals surface area (Å²) in [6.07, 6.45) is 7.14. The Morgan fingerprint density at radius 3 is 2.68 bits per heavy atom. The topological polar surface area (TPSA) is 42.4 Å². The number of piperidine rings is 1. The van der Waals surface area contributed by atoms with Crippen LogP contribution in [0, 0.1) is 0 Å². The second-order valence-corrected chi connectivity index (χ2v) is 6.57. The van der Waals surface area contributed by atoms with E-state index in [0.29, 0.717) is 18.1 Å². The van der Waals surface area contributed by atoms with Crippen molar-refractivity contribution in [2.24, 2.45) is 0 Å². The van der Waals surface area contributed by atoms with Crippen LogP contribution in [0.1, 0.15) is 47.2 Å². The van der Waals surface area contributed by atoms with E-state index in [1.807, 2.05) is 37.5 Å². The zero-order valence-corrected chi connectivity index (χ0v) is 14.9. The number of hydrogen-bond acceptors (Lipinski definition) is 4. The highest BCUT2D eigenvalue weighted by Crippen LogP contribution is 2.27. The molecule has 0 unspecified atom stereocenters. The van der Waals surface area contributed by atoms with Gasteiger partial charge in [-0.1, -0.05) is 12.1 Å². The number of carbonyl (C=O) groups is 1. The van der Waals surface area contributed by atoms with Crippen LogP contribution in [-0.2, 0) is 11.2 Å². The van der Waals surface area contributed by atoms with E-state index in [-0.39, 0.29) is 5.97 Å². The lowest BCUT2D eigenvalue weighted by Gasteiger charge is -2.32. The van der Waals surface area contributed by atoms with Gasteiger partial charge in [0.05, 0.1) is 12.2 Å². The normalized spacial score (nSPS) is 15.9. The fourth-order valence-electron chi connectivity index (χ4n) is 3.48. The van der Waals surface area contributed by atoms with Gasteiger partial charge in [-0.3, -0.25) is 4.98 Å². The van der Waals surface area contributed by atoms with E-state index >= 15 is 0 Å². The van der Waals surface area contributed by atoms with Crippen molar-refractivity contribution in [3.8, 4) is 0 Å². The maximum absolute atomic E-state index is 11.8. The smallest absolute Gasteiger partial charge is 0.338 e. The van der Waals surface area contributed by atoms with Crippen molar-refractivity contribution in [2.75, 3.05) is 26.2 Å². The molecule has 1 fully saturated rings. The highest BCUT2D eigenvalue weighted by Gasteiger charge is 2.20. The molecule has 0 bridgehead atoms. The molecule has 0 atom stereocenters. The minimum atomic E-state index is -0.234. The predicted octanol–water partition coefficient (Wildman–Crippen LogP) is 3.68. The Balaban J connectivity index is 1.49. The van der Waals surface area contributed by atoms with Gasteiger partial charge >= 0.3 is 5.97 Å². The summed E-state index contributed by atoms with van der Waals surface area (Å²) in [6, 6.07) is 12.1. The molecular formula is C21H26N2O2. The van der Waals surface area contributed by atoms with Crippen LogP contribution in [0.15, 0.2) is 48.8 Å². The van der Waals surface area contributed by atoms with Crippen LogP contribution in [0.3, 0.4) is 0 Å². The number of aromatic nitrogens is 1. The lowest BCUT2D eigenvalue weighted by atomic mass is 9.90. The Bertz CT molecular complexity index is 679. The molecule has 132 valence electrons. The van der Waals surface area contributed by atoms with Gasteiger partial charge in [0.15, 0.2) is 0 Å². The Hall–Kier alpha value is -2.20. The number of benzene rings is 1. The van der Waals surface area contributed by atoms with Crippen molar-refractivity contribution in [3.63, 3.8) is 0 Å². The maximum atomic E-state index is 11.8. The third-order valence-electron chi connectivity index (χ3n) is 4.92. The van der Waals surface area contributed by atoms with Gasteiger partial charge in [-0.2, -0.15) is 0 Å². The molecule has 1 saturated heterocycles. The highest BCUT2D eigenvalue weighted by molar-refractivity contribution is 5.89. The van der Waals surface area contributed by atoms with Crippen LogP contribution >= 0.6 is 0 Å². The van der Waals surface area contributed by atoms with E-state index in [2.05, 4.69) is 28.1 Å². The third-order valence-corrected chi connectivity index (χ3v) is 4.92. The summed E-state index contributed by atoms with van der Waals surface area (Å²) >= 11 is 0. The van der Waals surface area contributed by atoms with Crippen LogP contribution in [0.2, 0.25) is 0 Å². The second-order valence-electron chi connectivity index (χ2n) is 6.57. The Kier molecular flexibility index (Phi) is 6.18. The van der Waals surface area contributed by atoms with Crippen molar-refractivity contribution in [1.82, 2.24) is 9.88 Å². The monoisotopic (exact) mass is 338 g/mol. The molecule has 1 aliphatic heterocycles. The summed E-state index contributed by atoms with van der Waals surface area (Å²) in [4.78, 5) is 18.5. The van der Waals surface area contributed by atoms with Crippen molar-refractivity contribution in [1.29, 1.82) is 0 Å². The molecule has 0 amide bonds. The number of nitrogens with zero attached hydrogens (tertiary/aromatic N) is 2. The molecule has 0 aliphatic carbocycles. The molecule has 1 aliphatic rings. The fraction of sp³-hybridized carbons (Fsp3) is 0.429. The van der Waals surface area contributed by atoms with Crippen LogP contribution in [0.4, 0.5) is 0 Å². The lowest BCUT2D eigenvalue weighted by molar-refractivity contribution is 0.0526. The predicted molar refractivity (Wildman–Crippen MR) is 98.8 cm³/mol. The molecule has 25 heavy (non-hydrogen) atoms. The molecule has 0 N–H and O–H groups in total. The number of likely N-dealkylation sites (tertiary alicyclic amines) is 1. The minimum Gasteiger partial charge on any atom is -0.462 e. The Morgan fingerprint density at radius 2 is 1.96 bits per heavy atom. The number of carbonyl (C=O) groups excluding carboxylic acids is 1. The van der Waals surface area contributed by atoms with Crippen molar-refractivity contribution >= 4 is 5.97 Å². The molecule has 1 aromatic heterocycles. The van der Waals surface area contributed by atoms with E-state index in [1.165, 1.54) is 24.0 Å². The quantitative estimate of drug-likeness (QED) is 0.754. The van der Waals surface area contributed by atoms with Gasteiger partial charge < -0.3 is 9.64 Å². The first kappa shape index (κ1) is 17.6. The summed E-state index contributed by atoms with van der Waals surface area (Å²) in [6.45, 7) is 5.54. The van der Waals surface area contributed by atoms with Crippen LogP contribution in [-0.4, -0.2) is 42.1 Å². The largest absolute Gasteiger partial charge is 0.462 e. The number of ether oxygens (including phenoxy) is 1. The van der Waals surface area contributed by atoms with Gasteiger partial charge in [0.25, 0.3) is 0 Å². The van der Waals surface area contributed by atoms with E-state index in [1.54, 1.807) is 0 Å². The molecule has 1 aromatic carbocycles. The van der Waals surface area contributed by atoms with Crippen molar-refractivity contribution < 1.29 is 9.53 Å². The molecule has 4 nitrogen and oxygen atoms in total. The zero-order valence-electron chi connectivity index (χ0n) is 14.9. The fourth-order valence-corrected chi connectivity index (χ4v) is 3.48. The average molecular weight is 338 g/mol. The van der Waals surface area contributed by atoms with E-state index in [0.717, 1.165) is 26.1 Å². The number of hydrogen-bond donors (Lipinski definition) is 0. The average Bonchev–Trinajstić information content (AvgIpc) is 2.68. The molecule has 2 heterocycles. The summed E-state index contributed by atoms with van der Waals surface area (Å²) in [7, 11) is 0. The first-order chi connectivity index (χ1) is 12.3. The Labute approximate surface area is 149 Å². The van der Waals surface area contributed by atoms with E-state index in [9.17, 15) is 4.79 Å². The van der Waals surface area contributed by atoms with E-state index < -0.39 is 0 Å². The van der Waals surface area contributed by atoms with Gasteiger partial charge in [0, 0.05) is 18.9 Å². The van der Waals surface area contributed by atoms with Gasteiger partial charge in [0.2, 0.25) is 0 Å². The molecular weight excluding hydrogens is 312 g/mol. The van der Waals surface area contributed by atoms with Crippen molar-refractivity contribution in [2.45, 2.75) is 32.1 Å². The maximum Gasteiger partial charge on any atom is 0.338 e. The van der Waals surface area contributed by atoms with Gasteiger partial charge in [-0.05, 0) is 80.6 Å². The molecule has 3 rings (SSSR count). The summed E-state index contributed by atoms with van der Waals surface area (Å²) in [5, 5.41) is 0. The first-order valence-corrected chi connectivity index (χ1v) is 9.14. The minimum absolute atomic E-state index is 0.234. The molecule has 2 aromatic rings. The lowest BCUT2D eigenvalue weighted by Crippen LogP contribution is -2.34. The Morgan fingerprint density at radius 1 is 1.20 bits per heavy atom. The third kappa shape index (κ3) is 4.89. The molecule has 4 heteroatoms. The van der Waals surface area contributed by atoms with Crippen molar-refractivity contribution in [3.05, 3.63) is 65.5 Å². The summed E-state index contributed by atoms with van der Waals surface area (Å²) in [5.74, 6) is 0.425. The number of rotatable bonds is 6. The zero-order chi connectivity index (χ0) is 17.5. The van der Waals surface area contributed by atoms with E-state index in [4.69, 9.17) is 4.74 Å². The van der Waals surface area contributed by atoms with Gasteiger partial charge in [-0.15, -0.1) is 0 Å².